The maximum Gasteiger partial charge on any atom is 0.255 e. The number of nitrogens with zero attached hydrogens (tertiary/aromatic N) is 1. The minimum atomic E-state index is 0.170. The molecule has 0 saturated carbocycles. The van der Waals surface area contributed by atoms with Crippen LogP contribution in [0.3, 0.4) is 0 Å². The van der Waals surface area contributed by atoms with E-state index in [-0.39, 0.29) is 5.91 Å². The average Bonchev–Trinajstić information content (AvgIpc) is 2.78. The first-order valence-electron chi connectivity index (χ1n) is 7.05. The van der Waals surface area contributed by atoms with Crippen molar-refractivity contribution in [3.05, 3.63) is 19.2 Å². The van der Waals surface area contributed by atoms with Crippen molar-refractivity contribution >= 4 is 49.1 Å². The lowest BCUT2D eigenvalue weighted by Crippen LogP contribution is -2.52. The smallest absolute Gasteiger partial charge is 0.255 e. The number of likely N-dealkylation sites (tertiary alicyclic amines) is 1. The lowest BCUT2D eigenvalue weighted by atomic mass is 9.74. The van der Waals surface area contributed by atoms with Gasteiger partial charge in [-0.05, 0) is 70.2 Å². The van der Waals surface area contributed by atoms with Crippen LogP contribution in [0.1, 0.15) is 36.0 Å². The predicted molar refractivity (Wildman–Crippen MR) is 89.4 cm³/mol. The molecule has 1 amide bonds. The Bertz CT molecular complexity index is 506. The van der Waals surface area contributed by atoms with Crippen LogP contribution in [0.2, 0.25) is 0 Å². The Morgan fingerprint density at radius 3 is 2.80 bits per heavy atom. The molecule has 0 bridgehead atoms. The van der Waals surface area contributed by atoms with Gasteiger partial charge in [-0.2, -0.15) is 0 Å². The Labute approximate surface area is 140 Å². The number of halogens is 2. The lowest BCUT2D eigenvalue weighted by Gasteiger charge is -2.45. The zero-order chi connectivity index (χ0) is 14.2. The molecule has 6 heteroatoms. The third-order valence-electron chi connectivity index (χ3n) is 4.40. The van der Waals surface area contributed by atoms with Gasteiger partial charge >= 0.3 is 0 Å². The van der Waals surface area contributed by atoms with Crippen LogP contribution in [0.4, 0.5) is 0 Å². The average molecular weight is 422 g/mol. The first kappa shape index (κ1) is 15.0. The van der Waals surface area contributed by atoms with Gasteiger partial charge in [0, 0.05) is 25.0 Å². The third kappa shape index (κ3) is 2.98. The molecule has 20 heavy (non-hydrogen) atoms. The number of rotatable bonds is 1. The van der Waals surface area contributed by atoms with Gasteiger partial charge in [0.15, 0.2) is 0 Å². The molecule has 0 aliphatic carbocycles. The van der Waals surface area contributed by atoms with E-state index in [0.29, 0.717) is 5.41 Å². The second kappa shape index (κ2) is 6.07. The molecular weight excluding hydrogens is 404 g/mol. The molecule has 1 N–H and O–H groups in total. The summed E-state index contributed by atoms with van der Waals surface area (Å²) >= 11 is 8.52. The van der Waals surface area contributed by atoms with Crippen LogP contribution in [0.15, 0.2) is 13.6 Å². The molecule has 2 saturated heterocycles. The van der Waals surface area contributed by atoms with Gasteiger partial charge in [0.05, 0.1) is 13.1 Å². The number of hydrogen-bond acceptors (Lipinski definition) is 3. The minimum absolute atomic E-state index is 0.170. The van der Waals surface area contributed by atoms with Gasteiger partial charge in [0.25, 0.3) is 5.91 Å². The second-order valence-corrected chi connectivity index (χ2v) is 9.60. The number of amides is 1. The van der Waals surface area contributed by atoms with Crippen LogP contribution < -0.4 is 5.32 Å². The fourth-order valence-corrected chi connectivity index (χ4v) is 6.19. The van der Waals surface area contributed by atoms with Gasteiger partial charge in [-0.1, -0.05) is 0 Å². The summed E-state index contributed by atoms with van der Waals surface area (Å²) in [7, 11) is 0. The summed E-state index contributed by atoms with van der Waals surface area (Å²) < 4.78 is 1.93. The van der Waals surface area contributed by atoms with Crippen molar-refractivity contribution in [2.24, 2.45) is 5.41 Å². The summed E-state index contributed by atoms with van der Waals surface area (Å²) in [5.74, 6) is 0.170. The van der Waals surface area contributed by atoms with Gasteiger partial charge < -0.3 is 10.2 Å². The molecular formula is C14H18Br2N2OS. The fraction of sp³-hybridized carbons (Fsp3) is 0.643. The van der Waals surface area contributed by atoms with Crippen LogP contribution in [-0.2, 0) is 0 Å². The molecule has 2 fully saturated rings. The summed E-state index contributed by atoms with van der Waals surface area (Å²) in [6.07, 6.45) is 4.85. The normalized spacial score (nSPS) is 27.0. The number of carbonyl (C=O) groups is 1. The highest BCUT2D eigenvalue weighted by Gasteiger charge is 2.38. The van der Waals surface area contributed by atoms with Gasteiger partial charge in [0.1, 0.15) is 0 Å². The van der Waals surface area contributed by atoms with E-state index in [2.05, 4.69) is 42.1 Å². The highest BCUT2D eigenvalue weighted by molar-refractivity contribution is 9.12. The number of hydrogen-bond donors (Lipinski definition) is 1. The van der Waals surface area contributed by atoms with Gasteiger partial charge in [0.2, 0.25) is 0 Å². The summed E-state index contributed by atoms with van der Waals surface area (Å²) in [5, 5.41) is 3.51. The number of piperidine rings is 2. The standard InChI is InChI=1S/C14H18Br2N2OS/c15-11-7-10(12(16)20-11)13(19)18-6-2-4-14(9-18)3-1-5-17-8-14/h7,17H,1-6,8-9H2. The second-order valence-electron chi connectivity index (χ2n) is 5.85. The van der Waals surface area contributed by atoms with Crippen LogP contribution in [0.5, 0.6) is 0 Å². The van der Waals surface area contributed by atoms with E-state index < -0.39 is 0 Å². The van der Waals surface area contributed by atoms with Crippen molar-refractivity contribution < 1.29 is 4.79 Å². The van der Waals surface area contributed by atoms with E-state index in [9.17, 15) is 4.79 Å². The monoisotopic (exact) mass is 420 g/mol. The van der Waals surface area contributed by atoms with Crippen LogP contribution >= 0.6 is 43.2 Å². The molecule has 110 valence electrons. The zero-order valence-corrected chi connectivity index (χ0v) is 15.2. The van der Waals surface area contributed by atoms with Crippen molar-refractivity contribution in [3.63, 3.8) is 0 Å². The van der Waals surface area contributed by atoms with E-state index >= 15 is 0 Å². The van der Waals surface area contributed by atoms with E-state index in [1.54, 1.807) is 11.3 Å². The topological polar surface area (TPSA) is 32.3 Å². The number of carbonyl (C=O) groups excluding carboxylic acids is 1. The number of nitrogens with one attached hydrogen (secondary N) is 1. The first-order valence-corrected chi connectivity index (χ1v) is 9.45. The maximum absolute atomic E-state index is 12.7. The summed E-state index contributed by atoms with van der Waals surface area (Å²) in [4.78, 5) is 14.8. The molecule has 2 aliphatic rings. The van der Waals surface area contributed by atoms with Crippen molar-refractivity contribution in [2.75, 3.05) is 26.2 Å². The Balaban J connectivity index is 1.76. The third-order valence-corrected chi connectivity index (χ3v) is 6.74. The minimum Gasteiger partial charge on any atom is -0.338 e. The summed E-state index contributed by atoms with van der Waals surface area (Å²) in [6, 6.07) is 1.93. The molecule has 2 aliphatic heterocycles. The van der Waals surface area contributed by atoms with E-state index in [4.69, 9.17) is 0 Å². The molecule has 0 aromatic carbocycles. The van der Waals surface area contributed by atoms with Gasteiger partial charge in [-0.25, -0.2) is 0 Å². The molecule has 3 nitrogen and oxygen atoms in total. The molecule has 1 aromatic rings. The Morgan fingerprint density at radius 2 is 2.15 bits per heavy atom. The van der Waals surface area contributed by atoms with Crippen molar-refractivity contribution in [2.45, 2.75) is 25.7 Å². The predicted octanol–water partition coefficient (Wildman–Crippen LogP) is 3.88. The first-order chi connectivity index (χ1) is 9.60. The fourth-order valence-electron chi connectivity index (χ4n) is 3.42. The Kier molecular flexibility index (Phi) is 4.55. The molecule has 1 spiro atoms. The SMILES string of the molecule is O=C(c1cc(Br)sc1Br)N1CCCC2(CCCNC2)C1. The number of thiophene rings is 1. The maximum atomic E-state index is 12.7. The van der Waals surface area contributed by atoms with E-state index in [1.807, 2.05) is 6.07 Å². The molecule has 3 heterocycles. The van der Waals surface area contributed by atoms with Gasteiger partial charge in [-0.15, -0.1) is 11.3 Å². The molecule has 0 radical (unpaired) electrons. The van der Waals surface area contributed by atoms with Crippen molar-refractivity contribution in [3.8, 4) is 0 Å². The highest BCUT2D eigenvalue weighted by atomic mass is 79.9. The van der Waals surface area contributed by atoms with Crippen LogP contribution in [0.25, 0.3) is 0 Å². The molecule has 3 rings (SSSR count). The summed E-state index contributed by atoms with van der Waals surface area (Å²) in [5.41, 5.74) is 1.11. The van der Waals surface area contributed by atoms with Gasteiger partial charge in [-0.3, -0.25) is 4.79 Å². The van der Waals surface area contributed by atoms with Crippen molar-refractivity contribution in [1.82, 2.24) is 10.2 Å². The summed E-state index contributed by atoms with van der Waals surface area (Å²) in [6.45, 7) is 3.98. The van der Waals surface area contributed by atoms with Crippen LogP contribution in [-0.4, -0.2) is 37.0 Å². The lowest BCUT2D eigenvalue weighted by molar-refractivity contribution is 0.0434. The van der Waals surface area contributed by atoms with E-state index in [0.717, 1.165) is 45.7 Å². The molecule has 1 atom stereocenters. The molecule has 1 unspecified atom stereocenters. The molecule has 1 aromatic heterocycles. The van der Waals surface area contributed by atoms with E-state index in [1.165, 1.54) is 19.3 Å². The largest absolute Gasteiger partial charge is 0.338 e. The highest BCUT2D eigenvalue weighted by Crippen LogP contribution is 2.38. The van der Waals surface area contributed by atoms with Crippen LogP contribution in [0, 0.1) is 5.41 Å². The quantitative estimate of drug-likeness (QED) is 0.746. The Hall–Kier alpha value is 0.0900. The Morgan fingerprint density at radius 1 is 1.35 bits per heavy atom. The zero-order valence-electron chi connectivity index (χ0n) is 11.3. The van der Waals surface area contributed by atoms with Crippen molar-refractivity contribution in [1.29, 1.82) is 0 Å².